The van der Waals surface area contributed by atoms with Crippen LogP contribution in [0, 0.1) is 5.92 Å². The second-order valence-electron chi connectivity index (χ2n) is 5.93. The van der Waals surface area contributed by atoms with Gasteiger partial charge in [-0.1, -0.05) is 37.3 Å². The van der Waals surface area contributed by atoms with E-state index in [1.165, 1.54) is 5.56 Å². The lowest BCUT2D eigenvalue weighted by Crippen LogP contribution is -2.16. The third kappa shape index (κ3) is 3.62. The van der Waals surface area contributed by atoms with Crippen LogP contribution in [0.15, 0.2) is 36.7 Å². The van der Waals surface area contributed by atoms with Gasteiger partial charge in [0.05, 0.1) is 6.33 Å². The van der Waals surface area contributed by atoms with Gasteiger partial charge in [-0.05, 0) is 11.5 Å². The number of fused-ring (bicyclic) bond motifs is 1. The molecule has 0 aliphatic rings. The second-order valence-corrected chi connectivity index (χ2v) is 5.93. The van der Waals surface area contributed by atoms with Gasteiger partial charge in [0.2, 0.25) is 5.95 Å². The zero-order valence-corrected chi connectivity index (χ0v) is 13.9. The molecule has 0 unspecified atom stereocenters. The highest BCUT2D eigenvalue weighted by Gasteiger charge is 2.12. The molecular formula is C17H22N6O. The summed E-state index contributed by atoms with van der Waals surface area (Å²) >= 11 is 0. The first-order valence-corrected chi connectivity index (χ1v) is 7.99. The molecule has 3 aromatic rings. The van der Waals surface area contributed by atoms with E-state index >= 15 is 0 Å². The molecule has 0 saturated heterocycles. The van der Waals surface area contributed by atoms with Crippen LogP contribution in [0.25, 0.3) is 11.2 Å². The first-order chi connectivity index (χ1) is 11.7. The van der Waals surface area contributed by atoms with Crippen molar-refractivity contribution in [3.8, 4) is 0 Å². The number of hydrogen-bond donors (Lipinski definition) is 3. The highest BCUT2D eigenvalue weighted by Crippen LogP contribution is 2.21. The summed E-state index contributed by atoms with van der Waals surface area (Å²) in [4.78, 5) is 13.4. The first-order valence-electron chi connectivity index (χ1n) is 7.99. The number of hydrogen-bond acceptors (Lipinski definition) is 6. The molecule has 7 heteroatoms. The van der Waals surface area contributed by atoms with Crippen molar-refractivity contribution in [3.05, 3.63) is 42.2 Å². The molecule has 2 heterocycles. The quantitative estimate of drug-likeness (QED) is 0.616. The van der Waals surface area contributed by atoms with Crippen LogP contribution in [-0.2, 0) is 13.6 Å². The van der Waals surface area contributed by atoms with E-state index in [0.29, 0.717) is 24.9 Å². The number of aryl methyl sites for hydroxylation is 1. The van der Waals surface area contributed by atoms with Crippen molar-refractivity contribution in [1.82, 2.24) is 19.5 Å². The number of anilines is 2. The lowest BCUT2D eigenvalue weighted by Gasteiger charge is -2.12. The summed E-state index contributed by atoms with van der Waals surface area (Å²) < 4.78 is 1.87. The lowest BCUT2D eigenvalue weighted by atomic mass is 10.2. The summed E-state index contributed by atoms with van der Waals surface area (Å²) in [6.45, 7) is 3.36. The van der Waals surface area contributed by atoms with Gasteiger partial charge in [-0.25, -0.2) is 4.98 Å². The first kappa shape index (κ1) is 16.2. The monoisotopic (exact) mass is 326 g/mol. The van der Waals surface area contributed by atoms with E-state index in [1.54, 1.807) is 6.33 Å². The minimum atomic E-state index is 0.125. The maximum Gasteiger partial charge on any atom is 0.226 e. The average molecular weight is 326 g/mol. The minimum absolute atomic E-state index is 0.125. The Bertz CT molecular complexity index is 801. The number of aromatic nitrogens is 4. The van der Waals surface area contributed by atoms with Gasteiger partial charge >= 0.3 is 0 Å². The molecule has 0 amide bonds. The maximum absolute atomic E-state index is 9.15. The molecule has 24 heavy (non-hydrogen) atoms. The Labute approximate surface area is 140 Å². The van der Waals surface area contributed by atoms with Crippen molar-refractivity contribution >= 4 is 22.9 Å². The number of rotatable bonds is 7. The summed E-state index contributed by atoms with van der Waals surface area (Å²) in [6, 6.07) is 10.1. The van der Waals surface area contributed by atoms with Crippen LogP contribution in [0.4, 0.5) is 11.8 Å². The Hall–Kier alpha value is -2.67. The highest BCUT2D eigenvalue weighted by atomic mass is 16.3. The van der Waals surface area contributed by atoms with E-state index in [9.17, 15) is 0 Å². The molecule has 126 valence electrons. The summed E-state index contributed by atoms with van der Waals surface area (Å²) in [6.07, 6.45) is 1.73. The molecule has 3 N–H and O–H groups in total. The Kier molecular flexibility index (Phi) is 4.90. The number of nitrogens with one attached hydrogen (secondary N) is 2. The molecule has 1 aromatic carbocycles. The molecule has 0 spiro atoms. The van der Waals surface area contributed by atoms with Crippen molar-refractivity contribution in [3.63, 3.8) is 0 Å². The van der Waals surface area contributed by atoms with Gasteiger partial charge in [-0.2, -0.15) is 9.97 Å². The standard InChI is InChI=1S/C17H22N6O/c1-12(10-24)8-19-17-21-15(14-16(22-17)23(2)11-20-14)18-9-13-6-4-3-5-7-13/h3-7,11-12,24H,8-10H2,1-2H3,(H2,18,19,21,22)/t12-/m0/s1. The van der Waals surface area contributed by atoms with Crippen molar-refractivity contribution in [1.29, 1.82) is 0 Å². The van der Waals surface area contributed by atoms with Gasteiger partial charge in [-0.15, -0.1) is 0 Å². The largest absolute Gasteiger partial charge is 0.396 e. The molecule has 0 aliphatic carbocycles. The third-order valence-corrected chi connectivity index (χ3v) is 3.78. The van der Waals surface area contributed by atoms with Crippen molar-refractivity contribution in [2.24, 2.45) is 13.0 Å². The highest BCUT2D eigenvalue weighted by molar-refractivity contribution is 5.84. The van der Waals surface area contributed by atoms with Gasteiger partial charge < -0.3 is 20.3 Å². The Morgan fingerprint density at radius 3 is 2.71 bits per heavy atom. The van der Waals surface area contributed by atoms with Crippen molar-refractivity contribution < 1.29 is 5.11 Å². The SMILES string of the molecule is C[C@H](CO)CNc1nc(NCc2ccccc2)c2ncn(C)c2n1. The van der Waals surface area contributed by atoms with Gasteiger partial charge in [0.1, 0.15) is 0 Å². The van der Waals surface area contributed by atoms with Crippen LogP contribution in [0.1, 0.15) is 12.5 Å². The predicted molar refractivity (Wildman–Crippen MR) is 94.8 cm³/mol. The normalized spacial score (nSPS) is 12.3. The summed E-state index contributed by atoms with van der Waals surface area (Å²) in [5, 5.41) is 15.7. The van der Waals surface area contributed by atoms with Crippen LogP contribution in [0.5, 0.6) is 0 Å². The zero-order valence-electron chi connectivity index (χ0n) is 13.9. The fourth-order valence-corrected chi connectivity index (χ4v) is 2.32. The van der Waals surface area contributed by atoms with E-state index in [-0.39, 0.29) is 12.5 Å². The second kappa shape index (κ2) is 7.27. The Balaban J connectivity index is 1.84. The van der Waals surface area contributed by atoms with E-state index in [4.69, 9.17) is 5.11 Å². The molecule has 0 saturated carbocycles. The molecule has 7 nitrogen and oxygen atoms in total. The van der Waals surface area contributed by atoms with Crippen LogP contribution in [0.2, 0.25) is 0 Å². The fourth-order valence-electron chi connectivity index (χ4n) is 2.32. The summed E-state index contributed by atoms with van der Waals surface area (Å²) in [7, 11) is 1.91. The summed E-state index contributed by atoms with van der Waals surface area (Å²) in [5.74, 6) is 1.36. The number of imidazole rings is 1. The van der Waals surface area contributed by atoms with Gasteiger partial charge in [-0.3, -0.25) is 0 Å². The molecule has 3 rings (SSSR count). The summed E-state index contributed by atoms with van der Waals surface area (Å²) in [5.41, 5.74) is 2.68. The Morgan fingerprint density at radius 2 is 1.96 bits per heavy atom. The topological polar surface area (TPSA) is 87.9 Å². The van der Waals surface area contributed by atoms with E-state index in [1.807, 2.05) is 36.7 Å². The average Bonchev–Trinajstić information content (AvgIpc) is 2.99. The molecular weight excluding hydrogens is 304 g/mol. The number of benzene rings is 1. The third-order valence-electron chi connectivity index (χ3n) is 3.78. The zero-order chi connectivity index (χ0) is 16.9. The lowest BCUT2D eigenvalue weighted by molar-refractivity contribution is 0.244. The molecule has 0 bridgehead atoms. The van der Waals surface area contributed by atoms with Gasteiger partial charge in [0, 0.05) is 26.7 Å². The van der Waals surface area contributed by atoms with E-state index in [2.05, 4.69) is 37.7 Å². The van der Waals surface area contributed by atoms with Gasteiger partial charge in [0.25, 0.3) is 0 Å². The minimum Gasteiger partial charge on any atom is -0.396 e. The van der Waals surface area contributed by atoms with E-state index in [0.717, 1.165) is 11.2 Å². The molecule has 0 radical (unpaired) electrons. The molecule has 0 aliphatic heterocycles. The number of aliphatic hydroxyl groups is 1. The smallest absolute Gasteiger partial charge is 0.226 e. The van der Waals surface area contributed by atoms with Crippen LogP contribution in [-0.4, -0.2) is 37.8 Å². The van der Waals surface area contributed by atoms with Crippen LogP contribution < -0.4 is 10.6 Å². The van der Waals surface area contributed by atoms with Crippen molar-refractivity contribution in [2.45, 2.75) is 13.5 Å². The molecule has 2 aromatic heterocycles. The van der Waals surface area contributed by atoms with E-state index < -0.39 is 0 Å². The number of aliphatic hydroxyl groups excluding tert-OH is 1. The van der Waals surface area contributed by atoms with Crippen molar-refractivity contribution in [2.75, 3.05) is 23.8 Å². The van der Waals surface area contributed by atoms with Gasteiger partial charge in [0.15, 0.2) is 17.0 Å². The predicted octanol–water partition coefficient (Wildman–Crippen LogP) is 2.02. The van der Waals surface area contributed by atoms with Crippen LogP contribution >= 0.6 is 0 Å². The fraction of sp³-hybridized carbons (Fsp3) is 0.353. The molecule has 1 atom stereocenters. The number of nitrogens with zero attached hydrogens (tertiary/aromatic N) is 4. The van der Waals surface area contributed by atoms with Crippen LogP contribution in [0.3, 0.4) is 0 Å². The Morgan fingerprint density at radius 1 is 1.17 bits per heavy atom. The maximum atomic E-state index is 9.15. The molecule has 0 fully saturated rings.